The van der Waals surface area contributed by atoms with Crippen molar-refractivity contribution in [3.63, 3.8) is 0 Å². The molecule has 3 nitrogen and oxygen atoms in total. The normalized spacial score (nSPS) is 10.7. The standard InChI is InChI=1S/C20H21NO2/c22-13-3-4-14-23-20-11-9-18(10-12-20)21-19-8-7-16-5-1-2-6-17(16)15-19/h1-2,5-12,15,21-22H,3-4,13-14H2. The fourth-order valence-corrected chi connectivity index (χ4v) is 2.47. The van der Waals surface area contributed by atoms with Crippen LogP contribution >= 0.6 is 0 Å². The number of hydrogen-bond acceptors (Lipinski definition) is 3. The van der Waals surface area contributed by atoms with Gasteiger partial charge in [-0.3, -0.25) is 0 Å². The minimum Gasteiger partial charge on any atom is -0.494 e. The topological polar surface area (TPSA) is 41.5 Å². The zero-order valence-electron chi connectivity index (χ0n) is 13.0. The Kier molecular flexibility index (Phi) is 5.12. The van der Waals surface area contributed by atoms with Crippen LogP contribution in [-0.2, 0) is 0 Å². The molecule has 2 N–H and O–H groups in total. The Bertz CT molecular complexity index is 753. The summed E-state index contributed by atoms with van der Waals surface area (Å²) < 4.78 is 5.63. The first kappa shape index (κ1) is 15.4. The minimum absolute atomic E-state index is 0.220. The monoisotopic (exact) mass is 307 g/mol. The molecule has 0 aliphatic carbocycles. The first-order valence-corrected chi connectivity index (χ1v) is 7.95. The van der Waals surface area contributed by atoms with Gasteiger partial charge >= 0.3 is 0 Å². The van der Waals surface area contributed by atoms with E-state index in [4.69, 9.17) is 9.84 Å². The van der Waals surface area contributed by atoms with Gasteiger partial charge in [-0.15, -0.1) is 0 Å². The number of nitrogens with one attached hydrogen (secondary N) is 1. The Hall–Kier alpha value is -2.52. The van der Waals surface area contributed by atoms with Gasteiger partial charge in [0.15, 0.2) is 0 Å². The zero-order valence-corrected chi connectivity index (χ0v) is 13.0. The summed E-state index contributed by atoms with van der Waals surface area (Å²) in [7, 11) is 0. The smallest absolute Gasteiger partial charge is 0.119 e. The lowest BCUT2D eigenvalue weighted by atomic mass is 10.1. The number of unbranched alkanes of at least 4 members (excludes halogenated alkanes) is 1. The van der Waals surface area contributed by atoms with Crippen LogP contribution in [0.4, 0.5) is 11.4 Å². The van der Waals surface area contributed by atoms with Crippen molar-refractivity contribution in [3.8, 4) is 5.75 Å². The van der Waals surface area contributed by atoms with E-state index in [9.17, 15) is 0 Å². The maximum Gasteiger partial charge on any atom is 0.119 e. The van der Waals surface area contributed by atoms with E-state index in [2.05, 4.69) is 47.8 Å². The third kappa shape index (κ3) is 4.24. The van der Waals surface area contributed by atoms with Gasteiger partial charge in [0.05, 0.1) is 6.61 Å². The van der Waals surface area contributed by atoms with E-state index in [1.54, 1.807) is 0 Å². The van der Waals surface area contributed by atoms with Crippen LogP contribution in [0.1, 0.15) is 12.8 Å². The van der Waals surface area contributed by atoms with Crippen LogP contribution in [0.2, 0.25) is 0 Å². The number of anilines is 2. The van der Waals surface area contributed by atoms with Gasteiger partial charge in [-0.1, -0.05) is 30.3 Å². The van der Waals surface area contributed by atoms with E-state index in [0.717, 1.165) is 30.0 Å². The van der Waals surface area contributed by atoms with E-state index in [0.29, 0.717) is 6.61 Å². The van der Waals surface area contributed by atoms with Gasteiger partial charge in [-0.2, -0.15) is 0 Å². The third-order valence-corrected chi connectivity index (χ3v) is 3.71. The predicted molar refractivity (Wildman–Crippen MR) is 95.5 cm³/mol. The molecule has 23 heavy (non-hydrogen) atoms. The molecule has 0 spiro atoms. The van der Waals surface area contributed by atoms with Gasteiger partial charge in [0.2, 0.25) is 0 Å². The molecule has 0 saturated heterocycles. The van der Waals surface area contributed by atoms with Crippen LogP contribution in [-0.4, -0.2) is 18.3 Å². The average molecular weight is 307 g/mol. The minimum atomic E-state index is 0.220. The zero-order chi connectivity index (χ0) is 15.9. The number of hydrogen-bond donors (Lipinski definition) is 2. The van der Waals surface area contributed by atoms with Crippen LogP contribution in [0.25, 0.3) is 10.8 Å². The Morgan fingerprint density at radius 3 is 2.30 bits per heavy atom. The second kappa shape index (κ2) is 7.65. The molecule has 3 rings (SSSR count). The molecular formula is C20H21NO2. The quantitative estimate of drug-likeness (QED) is 0.620. The van der Waals surface area contributed by atoms with Crippen LogP contribution < -0.4 is 10.1 Å². The summed E-state index contributed by atoms with van der Waals surface area (Å²) >= 11 is 0. The van der Waals surface area contributed by atoms with Crippen molar-refractivity contribution in [3.05, 3.63) is 66.7 Å². The molecule has 0 aromatic heterocycles. The molecule has 3 aromatic carbocycles. The van der Waals surface area contributed by atoms with E-state index in [1.807, 2.05) is 24.3 Å². The SMILES string of the molecule is OCCCCOc1ccc(Nc2ccc3ccccc3c2)cc1. The molecule has 3 aromatic rings. The van der Waals surface area contributed by atoms with Crippen molar-refractivity contribution in [2.45, 2.75) is 12.8 Å². The molecule has 0 heterocycles. The lowest BCUT2D eigenvalue weighted by Crippen LogP contribution is -1.98. The summed E-state index contributed by atoms with van der Waals surface area (Å²) in [6.45, 7) is 0.857. The van der Waals surface area contributed by atoms with E-state index < -0.39 is 0 Å². The highest BCUT2D eigenvalue weighted by atomic mass is 16.5. The number of aliphatic hydroxyl groups is 1. The Morgan fingerprint density at radius 1 is 0.783 bits per heavy atom. The summed E-state index contributed by atoms with van der Waals surface area (Å²) in [5.41, 5.74) is 2.10. The van der Waals surface area contributed by atoms with Crippen LogP contribution in [0.5, 0.6) is 5.75 Å². The highest BCUT2D eigenvalue weighted by Crippen LogP contribution is 2.23. The molecular weight excluding hydrogens is 286 g/mol. The molecule has 0 aliphatic rings. The highest BCUT2D eigenvalue weighted by Gasteiger charge is 1.99. The largest absolute Gasteiger partial charge is 0.494 e. The lowest BCUT2D eigenvalue weighted by molar-refractivity contribution is 0.253. The van der Waals surface area contributed by atoms with Crippen molar-refractivity contribution in [1.82, 2.24) is 0 Å². The average Bonchev–Trinajstić information content (AvgIpc) is 2.60. The fraction of sp³-hybridized carbons (Fsp3) is 0.200. The number of ether oxygens (including phenoxy) is 1. The lowest BCUT2D eigenvalue weighted by Gasteiger charge is -2.10. The van der Waals surface area contributed by atoms with Crippen molar-refractivity contribution >= 4 is 22.1 Å². The van der Waals surface area contributed by atoms with Gasteiger partial charge in [0.1, 0.15) is 5.75 Å². The van der Waals surface area contributed by atoms with Crippen molar-refractivity contribution < 1.29 is 9.84 Å². The number of benzene rings is 3. The molecule has 0 atom stereocenters. The van der Waals surface area contributed by atoms with Gasteiger partial charge in [0, 0.05) is 18.0 Å². The third-order valence-electron chi connectivity index (χ3n) is 3.71. The summed E-state index contributed by atoms with van der Waals surface area (Å²) in [5.74, 6) is 0.854. The van der Waals surface area contributed by atoms with Crippen molar-refractivity contribution in [1.29, 1.82) is 0 Å². The van der Waals surface area contributed by atoms with Crippen molar-refractivity contribution in [2.24, 2.45) is 0 Å². The maximum atomic E-state index is 8.74. The van der Waals surface area contributed by atoms with Gasteiger partial charge in [-0.05, 0) is 60.0 Å². The first-order chi connectivity index (χ1) is 11.3. The van der Waals surface area contributed by atoms with E-state index in [1.165, 1.54) is 10.8 Å². The molecule has 0 unspecified atom stereocenters. The second-order valence-electron chi connectivity index (χ2n) is 5.49. The Labute approximate surface area is 136 Å². The summed E-state index contributed by atoms with van der Waals surface area (Å²) in [6, 6.07) is 22.6. The van der Waals surface area contributed by atoms with E-state index >= 15 is 0 Å². The summed E-state index contributed by atoms with van der Waals surface area (Å²) in [6.07, 6.45) is 1.65. The maximum absolute atomic E-state index is 8.74. The first-order valence-electron chi connectivity index (χ1n) is 7.95. The molecule has 0 aliphatic heterocycles. The van der Waals surface area contributed by atoms with E-state index in [-0.39, 0.29) is 6.61 Å². The second-order valence-corrected chi connectivity index (χ2v) is 5.49. The van der Waals surface area contributed by atoms with Gasteiger partial charge in [0.25, 0.3) is 0 Å². The van der Waals surface area contributed by atoms with Crippen LogP contribution in [0, 0.1) is 0 Å². The summed E-state index contributed by atoms with van der Waals surface area (Å²) in [4.78, 5) is 0. The Morgan fingerprint density at radius 2 is 1.52 bits per heavy atom. The molecule has 0 radical (unpaired) electrons. The predicted octanol–water partition coefficient (Wildman–Crippen LogP) is 4.73. The molecule has 0 fully saturated rings. The van der Waals surface area contributed by atoms with Gasteiger partial charge < -0.3 is 15.2 Å². The molecule has 118 valence electrons. The number of fused-ring (bicyclic) bond motifs is 1. The molecule has 3 heteroatoms. The van der Waals surface area contributed by atoms with Crippen LogP contribution in [0.3, 0.4) is 0 Å². The Balaban J connectivity index is 1.62. The highest BCUT2D eigenvalue weighted by molar-refractivity contribution is 5.86. The molecule has 0 saturated carbocycles. The van der Waals surface area contributed by atoms with Crippen molar-refractivity contribution in [2.75, 3.05) is 18.5 Å². The fourth-order valence-electron chi connectivity index (χ4n) is 2.47. The molecule has 0 amide bonds. The number of aliphatic hydroxyl groups excluding tert-OH is 1. The summed E-state index contributed by atoms with van der Waals surface area (Å²) in [5, 5.41) is 14.6. The van der Waals surface area contributed by atoms with Crippen LogP contribution in [0.15, 0.2) is 66.7 Å². The molecule has 0 bridgehead atoms. The van der Waals surface area contributed by atoms with Gasteiger partial charge in [-0.25, -0.2) is 0 Å². The number of rotatable bonds is 7.